The number of halogens is 1. The highest BCUT2D eigenvalue weighted by Gasteiger charge is 2.13. The summed E-state index contributed by atoms with van der Waals surface area (Å²) in [7, 11) is -1.06. The SMILES string of the molecule is C[Si](C)(C)CCOC(=O)CCl. The third-order valence-electron chi connectivity index (χ3n) is 1.22. The molecule has 0 aromatic carbocycles. The molecule has 0 aliphatic heterocycles. The molecule has 0 aromatic rings. The van der Waals surface area contributed by atoms with Crippen molar-refractivity contribution in [2.45, 2.75) is 25.7 Å². The maximum Gasteiger partial charge on any atom is 0.320 e. The normalized spacial score (nSPS) is 11.3. The second kappa shape index (κ2) is 4.77. The zero-order chi connectivity index (χ0) is 8.91. The van der Waals surface area contributed by atoms with Crippen molar-refractivity contribution < 1.29 is 9.53 Å². The highest BCUT2D eigenvalue weighted by Crippen LogP contribution is 2.07. The summed E-state index contributed by atoms with van der Waals surface area (Å²) in [6.07, 6.45) is 0. The van der Waals surface area contributed by atoms with E-state index in [1.54, 1.807) is 0 Å². The van der Waals surface area contributed by atoms with Crippen molar-refractivity contribution >= 4 is 25.6 Å². The lowest BCUT2D eigenvalue weighted by atomic mass is 10.8. The van der Waals surface area contributed by atoms with Gasteiger partial charge in [-0.15, -0.1) is 11.6 Å². The molecular weight excluding hydrogens is 180 g/mol. The van der Waals surface area contributed by atoms with Gasteiger partial charge in [0, 0.05) is 8.07 Å². The lowest BCUT2D eigenvalue weighted by Crippen LogP contribution is -2.22. The average Bonchev–Trinajstić information content (AvgIpc) is 1.85. The molecule has 0 aromatic heterocycles. The molecule has 0 rings (SSSR count). The molecular formula is C7H15ClO2Si. The topological polar surface area (TPSA) is 26.3 Å². The Hall–Kier alpha value is -0.0231. The predicted octanol–water partition coefficient (Wildman–Crippen LogP) is 2.11. The minimum Gasteiger partial charge on any atom is -0.465 e. The first-order valence-corrected chi connectivity index (χ1v) is 7.91. The molecule has 0 aliphatic rings. The molecule has 0 bridgehead atoms. The van der Waals surface area contributed by atoms with Gasteiger partial charge in [0.1, 0.15) is 5.88 Å². The van der Waals surface area contributed by atoms with E-state index in [-0.39, 0.29) is 11.8 Å². The maximum atomic E-state index is 10.6. The van der Waals surface area contributed by atoms with Gasteiger partial charge in [-0.3, -0.25) is 4.79 Å². The Balaban J connectivity index is 3.35. The Labute approximate surface area is 73.9 Å². The van der Waals surface area contributed by atoms with Crippen LogP contribution in [0, 0.1) is 0 Å². The molecule has 0 aliphatic carbocycles. The van der Waals surface area contributed by atoms with Gasteiger partial charge in [-0.05, 0) is 6.04 Å². The molecule has 0 spiro atoms. The summed E-state index contributed by atoms with van der Waals surface area (Å²) in [5.41, 5.74) is 0. The molecule has 0 saturated carbocycles. The van der Waals surface area contributed by atoms with E-state index in [9.17, 15) is 4.79 Å². The highest BCUT2D eigenvalue weighted by atomic mass is 35.5. The van der Waals surface area contributed by atoms with Gasteiger partial charge in [0.2, 0.25) is 0 Å². The zero-order valence-electron chi connectivity index (χ0n) is 7.32. The quantitative estimate of drug-likeness (QED) is 0.389. The van der Waals surface area contributed by atoms with Gasteiger partial charge in [-0.1, -0.05) is 19.6 Å². The van der Waals surface area contributed by atoms with Crippen LogP contribution in [0.2, 0.25) is 25.7 Å². The Morgan fingerprint density at radius 3 is 2.36 bits per heavy atom. The number of alkyl halides is 1. The van der Waals surface area contributed by atoms with Crippen LogP contribution in [0.1, 0.15) is 0 Å². The molecule has 0 unspecified atom stereocenters. The molecule has 4 heteroatoms. The van der Waals surface area contributed by atoms with Crippen LogP contribution in [0.5, 0.6) is 0 Å². The van der Waals surface area contributed by atoms with Crippen molar-refractivity contribution in [3.05, 3.63) is 0 Å². The second-order valence-electron chi connectivity index (χ2n) is 3.66. The number of carbonyl (C=O) groups excluding carboxylic acids is 1. The number of hydrogen-bond acceptors (Lipinski definition) is 2. The Morgan fingerprint density at radius 2 is 2.00 bits per heavy atom. The summed E-state index contributed by atoms with van der Waals surface area (Å²) in [5.74, 6) is -0.351. The molecule has 0 radical (unpaired) electrons. The molecule has 0 atom stereocenters. The van der Waals surface area contributed by atoms with Gasteiger partial charge in [-0.25, -0.2) is 0 Å². The smallest absolute Gasteiger partial charge is 0.320 e. The lowest BCUT2D eigenvalue weighted by Gasteiger charge is -2.14. The predicted molar refractivity (Wildman–Crippen MR) is 49.8 cm³/mol. The summed E-state index contributed by atoms with van der Waals surface area (Å²) >= 11 is 5.24. The standard InChI is InChI=1S/C7H15ClO2Si/c1-11(2,3)5-4-10-7(9)6-8/h4-6H2,1-3H3. The Bertz CT molecular complexity index is 131. The monoisotopic (exact) mass is 194 g/mol. The molecule has 66 valence electrons. The van der Waals surface area contributed by atoms with E-state index in [2.05, 4.69) is 19.6 Å². The first-order chi connectivity index (χ1) is 4.95. The fourth-order valence-electron chi connectivity index (χ4n) is 0.510. The Kier molecular flexibility index (Phi) is 4.76. The van der Waals surface area contributed by atoms with Crippen LogP contribution in [-0.2, 0) is 9.53 Å². The van der Waals surface area contributed by atoms with E-state index in [4.69, 9.17) is 16.3 Å². The van der Waals surface area contributed by atoms with Gasteiger partial charge in [-0.2, -0.15) is 0 Å². The van der Waals surface area contributed by atoms with Crippen molar-refractivity contribution in [2.24, 2.45) is 0 Å². The van der Waals surface area contributed by atoms with E-state index in [0.29, 0.717) is 6.61 Å². The zero-order valence-corrected chi connectivity index (χ0v) is 9.07. The lowest BCUT2D eigenvalue weighted by molar-refractivity contribution is -0.140. The van der Waals surface area contributed by atoms with Gasteiger partial charge in [0.05, 0.1) is 6.61 Å². The first kappa shape index (κ1) is 11.0. The van der Waals surface area contributed by atoms with Crippen LogP contribution in [0.15, 0.2) is 0 Å². The minimum absolute atomic E-state index is 0.0360. The average molecular weight is 195 g/mol. The van der Waals surface area contributed by atoms with Crippen molar-refractivity contribution in [3.63, 3.8) is 0 Å². The van der Waals surface area contributed by atoms with E-state index in [1.807, 2.05) is 0 Å². The second-order valence-corrected chi connectivity index (χ2v) is 9.55. The number of hydrogen-bond donors (Lipinski definition) is 0. The number of carbonyl (C=O) groups is 1. The van der Waals surface area contributed by atoms with Crippen LogP contribution in [-0.4, -0.2) is 26.5 Å². The van der Waals surface area contributed by atoms with E-state index < -0.39 is 8.07 Å². The van der Waals surface area contributed by atoms with E-state index in [0.717, 1.165) is 6.04 Å². The van der Waals surface area contributed by atoms with Crippen LogP contribution in [0.25, 0.3) is 0 Å². The highest BCUT2D eigenvalue weighted by molar-refractivity contribution is 6.76. The molecule has 0 saturated heterocycles. The largest absolute Gasteiger partial charge is 0.465 e. The third-order valence-corrected chi connectivity index (χ3v) is 3.15. The third kappa shape index (κ3) is 7.88. The van der Waals surface area contributed by atoms with Crippen molar-refractivity contribution in [1.29, 1.82) is 0 Å². The number of rotatable bonds is 4. The van der Waals surface area contributed by atoms with Gasteiger partial charge < -0.3 is 4.74 Å². The fraction of sp³-hybridized carbons (Fsp3) is 0.857. The van der Waals surface area contributed by atoms with Gasteiger partial charge >= 0.3 is 5.97 Å². The van der Waals surface area contributed by atoms with Crippen molar-refractivity contribution in [1.82, 2.24) is 0 Å². The Morgan fingerprint density at radius 1 is 1.45 bits per heavy atom. The van der Waals surface area contributed by atoms with Crippen molar-refractivity contribution in [2.75, 3.05) is 12.5 Å². The van der Waals surface area contributed by atoms with Crippen LogP contribution < -0.4 is 0 Å². The summed E-state index contributed by atoms with van der Waals surface area (Å²) in [6, 6.07) is 1.01. The van der Waals surface area contributed by atoms with Crippen molar-refractivity contribution in [3.8, 4) is 0 Å². The van der Waals surface area contributed by atoms with Crippen LogP contribution in [0.3, 0.4) is 0 Å². The summed E-state index contributed by atoms with van der Waals surface area (Å²) < 4.78 is 4.83. The maximum absolute atomic E-state index is 10.6. The van der Waals surface area contributed by atoms with E-state index in [1.165, 1.54) is 0 Å². The molecule has 0 amide bonds. The number of esters is 1. The van der Waals surface area contributed by atoms with E-state index >= 15 is 0 Å². The summed E-state index contributed by atoms with van der Waals surface area (Å²) in [6.45, 7) is 7.24. The van der Waals surface area contributed by atoms with Crippen LogP contribution in [0.4, 0.5) is 0 Å². The molecule has 0 heterocycles. The first-order valence-electron chi connectivity index (χ1n) is 3.67. The van der Waals surface area contributed by atoms with Gasteiger partial charge in [0.15, 0.2) is 0 Å². The van der Waals surface area contributed by atoms with Gasteiger partial charge in [0.25, 0.3) is 0 Å². The number of ether oxygens (including phenoxy) is 1. The van der Waals surface area contributed by atoms with Crippen LogP contribution >= 0.6 is 11.6 Å². The molecule has 11 heavy (non-hydrogen) atoms. The summed E-state index contributed by atoms with van der Waals surface area (Å²) in [5, 5.41) is 0. The molecule has 0 N–H and O–H groups in total. The molecule has 0 fully saturated rings. The fourth-order valence-corrected chi connectivity index (χ4v) is 1.30. The minimum atomic E-state index is -1.06. The summed E-state index contributed by atoms with van der Waals surface area (Å²) in [4.78, 5) is 10.6. The molecule has 2 nitrogen and oxygen atoms in total.